The van der Waals surface area contributed by atoms with E-state index in [4.69, 9.17) is 23.2 Å². The van der Waals surface area contributed by atoms with Crippen LogP contribution in [0, 0.1) is 0 Å². The van der Waals surface area contributed by atoms with Gasteiger partial charge in [-0.15, -0.1) is 0 Å². The maximum absolute atomic E-state index is 12.1. The number of hydrogen-bond acceptors (Lipinski definition) is 2. The zero-order valence-electron chi connectivity index (χ0n) is 12.6. The van der Waals surface area contributed by atoms with Gasteiger partial charge >= 0.3 is 0 Å². The lowest BCUT2D eigenvalue weighted by Gasteiger charge is -2.17. The summed E-state index contributed by atoms with van der Waals surface area (Å²) >= 11 is 12.0. The number of amides is 1. The minimum absolute atomic E-state index is 0.0414. The molecule has 0 saturated carbocycles. The van der Waals surface area contributed by atoms with Gasteiger partial charge in [0.25, 0.3) is 0 Å². The van der Waals surface area contributed by atoms with E-state index in [-0.39, 0.29) is 5.91 Å². The van der Waals surface area contributed by atoms with E-state index >= 15 is 0 Å². The van der Waals surface area contributed by atoms with Crippen LogP contribution in [0.15, 0.2) is 42.5 Å². The number of rotatable bonds is 5. The summed E-state index contributed by atoms with van der Waals surface area (Å²) in [5.74, 6) is -0.0414. The molecule has 0 aliphatic carbocycles. The van der Waals surface area contributed by atoms with Crippen LogP contribution in [-0.4, -0.2) is 20.0 Å². The molecule has 116 valence electrons. The Morgan fingerprint density at radius 3 is 2.55 bits per heavy atom. The third-order valence-corrected chi connectivity index (χ3v) is 3.88. The fourth-order valence-corrected chi connectivity index (χ4v) is 2.66. The largest absolute Gasteiger partial charge is 0.376 e. The zero-order chi connectivity index (χ0) is 16.1. The molecule has 5 heteroatoms. The molecule has 0 heterocycles. The highest BCUT2D eigenvalue weighted by molar-refractivity contribution is 6.35. The fourth-order valence-electron chi connectivity index (χ4n) is 2.15. The lowest BCUT2D eigenvalue weighted by Crippen LogP contribution is -2.16. The van der Waals surface area contributed by atoms with Crippen molar-refractivity contribution in [3.8, 4) is 0 Å². The van der Waals surface area contributed by atoms with Crippen molar-refractivity contribution < 1.29 is 4.79 Å². The highest BCUT2D eigenvalue weighted by atomic mass is 35.5. The van der Waals surface area contributed by atoms with Crippen LogP contribution >= 0.6 is 23.2 Å². The van der Waals surface area contributed by atoms with Gasteiger partial charge in [-0.1, -0.05) is 41.4 Å². The molecule has 22 heavy (non-hydrogen) atoms. The molecule has 0 unspecified atom stereocenters. The van der Waals surface area contributed by atoms with Crippen molar-refractivity contribution in [1.29, 1.82) is 0 Å². The molecule has 0 fully saturated rings. The summed E-state index contributed by atoms with van der Waals surface area (Å²) in [6, 6.07) is 13.0. The van der Waals surface area contributed by atoms with Gasteiger partial charge in [-0.2, -0.15) is 0 Å². The normalized spacial score (nSPS) is 10.4. The minimum atomic E-state index is -0.0414. The smallest absolute Gasteiger partial charge is 0.224 e. The SMILES string of the molecule is CN(C)c1ccccc1NC(=O)CCc1ccc(Cl)cc1Cl. The molecular formula is C17H18Cl2N2O. The number of carbonyl (C=O) groups is 1. The van der Waals surface area contributed by atoms with Crippen LogP contribution in [0.3, 0.4) is 0 Å². The second-order valence-corrected chi connectivity index (χ2v) is 6.04. The molecule has 1 amide bonds. The Kier molecular flexibility index (Phi) is 5.69. The first kappa shape index (κ1) is 16.7. The monoisotopic (exact) mass is 336 g/mol. The Hall–Kier alpha value is -1.71. The van der Waals surface area contributed by atoms with Gasteiger partial charge in [0.1, 0.15) is 0 Å². The second kappa shape index (κ2) is 7.52. The average molecular weight is 337 g/mol. The quantitative estimate of drug-likeness (QED) is 0.863. The highest BCUT2D eigenvalue weighted by Gasteiger charge is 2.09. The molecule has 0 atom stereocenters. The molecular weight excluding hydrogens is 319 g/mol. The standard InChI is InChI=1S/C17H18Cl2N2O/c1-21(2)16-6-4-3-5-15(16)20-17(22)10-8-12-7-9-13(18)11-14(12)19/h3-7,9,11H,8,10H2,1-2H3,(H,20,22). The van der Waals surface area contributed by atoms with Crippen molar-refractivity contribution in [2.75, 3.05) is 24.3 Å². The van der Waals surface area contributed by atoms with Crippen molar-refractivity contribution in [2.24, 2.45) is 0 Å². The van der Waals surface area contributed by atoms with E-state index in [1.165, 1.54) is 0 Å². The van der Waals surface area contributed by atoms with Gasteiger partial charge in [0.15, 0.2) is 0 Å². The zero-order valence-corrected chi connectivity index (χ0v) is 14.1. The molecule has 0 aromatic heterocycles. The number of hydrogen-bond donors (Lipinski definition) is 1. The van der Waals surface area contributed by atoms with Crippen molar-refractivity contribution in [2.45, 2.75) is 12.8 Å². The van der Waals surface area contributed by atoms with Crippen LogP contribution < -0.4 is 10.2 Å². The predicted molar refractivity (Wildman–Crippen MR) is 94.2 cm³/mol. The number of benzene rings is 2. The number of anilines is 2. The lowest BCUT2D eigenvalue weighted by atomic mass is 10.1. The van der Waals surface area contributed by atoms with E-state index in [1.807, 2.05) is 49.3 Å². The Morgan fingerprint density at radius 1 is 1.14 bits per heavy atom. The van der Waals surface area contributed by atoms with Crippen LogP contribution in [0.5, 0.6) is 0 Å². The van der Waals surface area contributed by atoms with Crippen molar-refractivity contribution in [1.82, 2.24) is 0 Å². The van der Waals surface area contributed by atoms with Gasteiger partial charge in [0, 0.05) is 30.6 Å². The van der Waals surface area contributed by atoms with Crippen molar-refractivity contribution in [3.05, 3.63) is 58.1 Å². The van der Waals surface area contributed by atoms with Gasteiger partial charge in [-0.05, 0) is 36.2 Å². The van der Waals surface area contributed by atoms with Crippen molar-refractivity contribution >= 4 is 40.5 Å². The van der Waals surface area contributed by atoms with E-state index in [9.17, 15) is 4.79 Å². The molecule has 0 bridgehead atoms. The Morgan fingerprint density at radius 2 is 1.86 bits per heavy atom. The molecule has 0 saturated heterocycles. The summed E-state index contributed by atoms with van der Waals surface area (Å²) in [6.07, 6.45) is 0.940. The Balaban J connectivity index is 1.99. The number of aryl methyl sites for hydroxylation is 1. The summed E-state index contributed by atoms with van der Waals surface area (Å²) in [4.78, 5) is 14.1. The predicted octanol–water partition coefficient (Wildman–Crippen LogP) is 4.63. The van der Waals surface area contributed by atoms with E-state index < -0.39 is 0 Å². The van der Waals surface area contributed by atoms with Gasteiger partial charge < -0.3 is 10.2 Å². The van der Waals surface area contributed by atoms with Gasteiger partial charge in [-0.25, -0.2) is 0 Å². The van der Waals surface area contributed by atoms with E-state index in [2.05, 4.69) is 5.32 Å². The first-order valence-corrected chi connectivity index (χ1v) is 7.73. The molecule has 0 radical (unpaired) electrons. The Labute approximate surface area is 140 Å². The summed E-state index contributed by atoms with van der Waals surface area (Å²) in [5.41, 5.74) is 2.70. The van der Waals surface area contributed by atoms with Gasteiger partial charge in [0.2, 0.25) is 5.91 Å². The first-order chi connectivity index (χ1) is 10.5. The topological polar surface area (TPSA) is 32.3 Å². The van der Waals surface area contributed by atoms with Crippen LogP contribution in [0.4, 0.5) is 11.4 Å². The maximum atomic E-state index is 12.1. The number of halogens is 2. The van der Waals surface area contributed by atoms with Crippen LogP contribution in [0.1, 0.15) is 12.0 Å². The fraction of sp³-hybridized carbons (Fsp3) is 0.235. The van der Waals surface area contributed by atoms with Crippen molar-refractivity contribution in [3.63, 3.8) is 0 Å². The lowest BCUT2D eigenvalue weighted by molar-refractivity contribution is -0.116. The molecule has 0 aliphatic heterocycles. The summed E-state index contributed by atoms with van der Waals surface area (Å²) in [5, 5.41) is 4.13. The summed E-state index contributed by atoms with van der Waals surface area (Å²) < 4.78 is 0. The van der Waals surface area contributed by atoms with Crippen LogP contribution in [0.2, 0.25) is 10.0 Å². The van der Waals surface area contributed by atoms with E-state index in [1.54, 1.807) is 12.1 Å². The van der Waals surface area contributed by atoms with Crippen LogP contribution in [-0.2, 0) is 11.2 Å². The van der Waals surface area contributed by atoms with Gasteiger partial charge in [-0.3, -0.25) is 4.79 Å². The second-order valence-electron chi connectivity index (χ2n) is 5.20. The highest BCUT2D eigenvalue weighted by Crippen LogP contribution is 2.25. The molecule has 2 rings (SSSR count). The molecule has 1 N–H and O–H groups in total. The third-order valence-electron chi connectivity index (χ3n) is 3.30. The van der Waals surface area contributed by atoms with Gasteiger partial charge in [0.05, 0.1) is 11.4 Å². The Bertz CT molecular complexity index is 671. The number of carbonyl (C=O) groups excluding carboxylic acids is 1. The number of nitrogens with one attached hydrogen (secondary N) is 1. The summed E-state index contributed by atoms with van der Waals surface area (Å²) in [7, 11) is 3.89. The van der Waals surface area contributed by atoms with E-state index in [0.717, 1.165) is 16.9 Å². The average Bonchev–Trinajstić information content (AvgIpc) is 2.46. The molecule has 2 aromatic carbocycles. The summed E-state index contributed by atoms with van der Waals surface area (Å²) in [6.45, 7) is 0. The first-order valence-electron chi connectivity index (χ1n) is 6.97. The molecule has 3 nitrogen and oxygen atoms in total. The number of nitrogens with zero attached hydrogens (tertiary/aromatic N) is 1. The van der Waals surface area contributed by atoms with E-state index in [0.29, 0.717) is 22.9 Å². The molecule has 0 spiro atoms. The molecule has 0 aliphatic rings. The molecule has 2 aromatic rings. The minimum Gasteiger partial charge on any atom is -0.376 e. The maximum Gasteiger partial charge on any atom is 0.224 e. The van der Waals surface area contributed by atoms with Crippen LogP contribution in [0.25, 0.3) is 0 Å². The number of para-hydroxylation sites is 2. The third kappa shape index (κ3) is 4.39.